The van der Waals surface area contributed by atoms with E-state index in [9.17, 15) is 0 Å². The van der Waals surface area contributed by atoms with E-state index in [4.69, 9.17) is 9.47 Å². The highest BCUT2D eigenvalue weighted by Crippen LogP contribution is 2.50. The van der Waals surface area contributed by atoms with E-state index in [1.54, 1.807) is 0 Å². The molecule has 0 aromatic heterocycles. The summed E-state index contributed by atoms with van der Waals surface area (Å²) in [7, 11) is 0. The first kappa shape index (κ1) is 42.5. The average Bonchev–Trinajstić information content (AvgIpc) is 3.04. The molecule has 0 atom stereocenters. The minimum absolute atomic E-state index is 0.0121. The predicted molar refractivity (Wildman–Crippen MR) is 241 cm³/mol. The van der Waals surface area contributed by atoms with Crippen molar-refractivity contribution in [3.8, 4) is 28.0 Å². The fourth-order valence-corrected chi connectivity index (χ4v) is 8.29. The molecule has 296 valence electrons. The van der Waals surface area contributed by atoms with Crippen LogP contribution in [0, 0.1) is 5.41 Å². The van der Waals surface area contributed by atoms with Crippen molar-refractivity contribution in [1.82, 2.24) is 0 Å². The van der Waals surface area contributed by atoms with Crippen LogP contribution < -0.4 is 4.74 Å². The van der Waals surface area contributed by atoms with E-state index < -0.39 is 0 Å². The van der Waals surface area contributed by atoms with Crippen LogP contribution in [0.15, 0.2) is 72.8 Å². The fourth-order valence-electron chi connectivity index (χ4n) is 8.29. The number of hydrogen-bond donors (Lipinski definition) is 0. The van der Waals surface area contributed by atoms with Gasteiger partial charge in [0.1, 0.15) is 5.75 Å². The van der Waals surface area contributed by atoms with Gasteiger partial charge in [-0.05, 0) is 131 Å². The van der Waals surface area contributed by atoms with Crippen molar-refractivity contribution in [2.75, 3.05) is 13.4 Å². The number of hydrogen-bond acceptors (Lipinski definition) is 2. The quantitative estimate of drug-likeness (QED) is 0.0896. The Hall–Kier alpha value is -3.62. The van der Waals surface area contributed by atoms with E-state index in [0.29, 0.717) is 6.61 Å². The zero-order valence-electron chi connectivity index (χ0n) is 37.9. The van der Waals surface area contributed by atoms with Crippen LogP contribution in [0.3, 0.4) is 0 Å². The molecule has 0 aliphatic carbocycles. The van der Waals surface area contributed by atoms with Gasteiger partial charge in [0.2, 0.25) is 0 Å². The molecule has 0 aliphatic rings. The molecule has 0 fully saturated rings. The Morgan fingerprint density at radius 2 is 0.891 bits per heavy atom. The van der Waals surface area contributed by atoms with Gasteiger partial charge in [-0.1, -0.05) is 166 Å². The van der Waals surface area contributed by atoms with Crippen LogP contribution >= 0.6 is 0 Å². The Bertz CT molecular complexity index is 2070. The van der Waals surface area contributed by atoms with Gasteiger partial charge in [0, 0.05) is 17.7 Å². The molecule has 2 nitrogen and oxygen atoms in total. The summed E-state index contributed by atoms with van der Waals surface area (Å²) in [6.45, 7) is 42.6. The maximum atomic E-state index is 6.55. The second-order valence-corrected chi connectivity index (χ2v) is 22.2. The highest BCUT2D eigenvalue weighted by Gasteiger charge is 2.30. The minimum atomic E-state index is -0.0491. The van der Waals surface area contributed by atoms with Crippen LogP contribution in [0.5, 0.6) is 5.75 Å². The van der Waals surface area contributed by atoms with Crippen molar-refractivity contribution in [3.05, 3.63) is 101 Å². The Morgan fingerprint density at radius 1 is 0.436 bits per heavy atom. The monoisotopic (exact) mass is 741 g/mol. The van der Waals surface area contributed by atoms with Crippen molar-refractivity contribution in [2.24, 2.45) is 5.41 Å². The largest absolute Gasteiger partial charge is 0.467 e. The van der Waals surface area contributed by atoms with E-state index in [-0.39, 0.29) is 39.3 Å². The Labute approximate surface area is 335 Å². The van der Waals surface area contributed by atoms with Gasteiger partial charge >= 0.3 is 0 Å². The summed E-state index contributed by atoms with van der Waals surface area (Å²) >= 11 is 0. The third-order valence-corrected chi connectivity index (χ3v) is 11.3. The predicted octanol–water partition coefficient (Wildman–Crippen LogP) is 15.6. The average molecular weight is 741 g/mol. The molecule has 0 heterocycles. The molecule has 0 radical (unpaired) electrons. The SMILES string of the molecule is CCOCOc1ccc(C(C)(C)CC(C)(C)C)cc1-c1c2ccc(C(C)(C)C)cc2c(-c2cc(C(C)(C)C)cc(C(C)(C)C)c2)c2cc(C(C)(C)C)ccc12. The standard InChI is InChI=1S/C53H72O2/c1-19-54-33-55-45-25-22-37(53(17,18)32-48(2,3)4)31-44(45)47-40-23-20-35(49(5,6)7)29-42(40)46(43-30-36(50(8,9)10)21-24-41(43)47)34-26-38(51(11,12)13)28-39(27-34)52(14,15)16/h20-31H,19,32-33H2,1-18H3. The van der Waals surface area contributed by atoms with E-state index in [1.807, 2.05) is 6.92 Å². The first-order chi connectivity index (χ1) is 25.1. The number of ether oxygens (including phenoxy) is 2. The number of fused-ring (bicyclic) bond motifs is 2. The van der Waals surface area contributed by atoms with Gasteiger partial charge in [-0.3, -0.25) is 0 Å². The van der Waals surface area contributed by atoms with E-state index in [2.05, 4.69) is 190 Å². The molecule has 0 spiro atoms. The summed E-state index contributed by atoms with van der Waals surface area (Å²) in [5, 5.41) is 5.04. The summed E-state index contributed by atoms with van der Waals surface area (Å²) in [6.07, 6.45) is 1.06. The van der Waals surface area contributed by atoms with Crippen LogP contribution in [-0.2, 0) is 31.8 Å². The van der Waals surface area contributed by atoms with Crippen LogP contribution in [0.1, 0.15) is 159 Å². The van der Waals surface area contributed by atoms with Gasteiger partial charge in [-0.2, -0.15) is 0 Å². The highest BCUT2D eigenvalue weighted by atomic mass is 16.7. The molecule has 0 unspecified atom stereocenters. The van der Waals surface area contributed by atoms with Gasteiger partial charge in [0.05, 0.1) is 0 Å². The molecule has 0 saturated heterocycles. The third-order valence-electron chi connectivity index (χ3n) is 11.3. The molecule has 0 N–H and O–H groups in total. The van der Waals surface area contributed by atoms with Gasteiger partial charge in [0.25, 0.3) is 0 Å². The van der Waals surface area contributed by atoms with Crippen molar-refractivity contribution in [1.29, 1.82) is 0 Å². The van der Waals surface area contributed by atoms with Crippen LogP contribution in [0.4, 0.5) is 0 Å². The fraction of sp³-hybridized carbons (Fsp3) is 0.509. The zero-order chi connectivity index (χ0) is 41.1. The minimum Gasteiger partial charge on any atom is -0.467 e. The second kappa shape index (κ2) is 14.7. The first-order valence-corrected chi connectivity index (χ1v) is 20.7. The van der Waals surface area contributed by atoms with Gasteiger partial charge < -0.3 is 9.47 Å². The molecular weight excluding hydrogens is 669 g/mol. The first-order valence-electron chi connectivity index (χ1n) is 20.7. The van der Waals surface area contributed by atoms with Gasteiger partial charge in [0.15, 0.2) is 6.79 Å². The Balaban J connectivity index is 2.06. The van der Waals surface area contributed by atoms with Crippen molar-refractivity contribution < 1.29 is 9.47 Å². The second-order valence-electron chi connectivity index (χ2n) is 22.2. The van der Waals surface area contributed by atoms with Crippen LogP contribution in [-0.4, -0.2) is 13.4 Å². The van der Waals surface area contributed by atoms with Gasteiger partial charge in [-0.15, -0.1) is 0 Å². The maximum Gasteiger partial charge on any atom is 0.189 e. The molecule has 5 aromatic carbocycles. The Morgan fingerprint density at radius 3 is 1.31 bits per heavy atom. The summed E-state index contributed by atoms with van der Waals surface area (Å²) in [5.74, 6) is 0.851. The highest BCUT2D eigenvalue weighted by molar-refractivity contribution is 6.22. The lowest BCUT2D eigenvalue weighted by molar-refractivity contribution is 0.0227. The topological polar surface area (TPSA) is 18.5 Å². The molecular formula is C53H72O2. The lowest BCUT2D eigenvalue weighted by atomic mass is 9.71. The summed E-state index contributed by atoms with van der Waals surface area (Å²) in [5.41, 5.74) is 11.7. The molecule has 0 saturated carbocycles. The Kier molecular flexibility index (Phi) is 11.4. The molecule has 0 aliphatic heterocycles. The molecule has 5 rings (SSSR count). The van der Waals surface area contributed by atoms with Crippen LogP contribution in [0.2, 0.25) is 0 Å². The maximum absolute atomic E-state index is 6.55. The summed E-state index contributed by atoms with van der Waals surface area (Å²) < 4.78 is 12.4. The van der Waals surface area contributed by atoms with Crippen molar-refractivity contribution in [2.45, 2.75) is 158 Å². The van der Waals surface area contributed by atoms with E-state index >= 15 is 0 Å². The zero-order valence-corrected chi connectivity index (χ0v) is 37.9. The van der Waals surface area contributed by atoms with Crippen molar-refractivity contribution in [3.63, 3.8) is 0 Å². The number of rotatable bonds is 8. The molecule has 0 bridgehead atoms. The van der Waals surface area contributed by atoms with Crippen LogP contribution in [0.25, 0.3) is 43.8 Å². The third kappa shape index (κ3) is 9.34. The number of benzene rings is 5. The lowest BCUT2D eigenvalue weighted by Crippen LogP contribution is -2.24. The van der Waals surface area contributed by atoms with Gasteiger partial charge in [-0.25, -0.2) is 0 Å². The lowest BCUT2D eigenvalue weighted by Gasteiger charge is -2.33. The molecule has 55 heavy (non-hydrogen) atoms. The molecule has 2 heteroatoms. The van der Waals surface area contributed by atoms with E-state index in [0.717, 1.165) is 17.7 Å². The summed E-state index contributed by atoms with van der Waals surface area (Å²) in [6, 6.07) is 28.8. The van der Waals surface area contributed by atoms with E-state index in [1.165, 1.54) is 66.1 Å². The normalized spacial score (nSPS) is 13.6. The molecule has 5 aromatic rings. The smallest absolute Gasteiger partial charge is 0.189 e. The molecule has 0 amide bonds. The summed E-state index contributed by atoms with van der Waals surface area (Å²) in [4.78, 5) is 0. The van der Waals surface area contributed by atoms with Crippen molar-refractivity contribution >= 4 is 21.5 Å².